The van der Waals surface area contributed by atoms with Crippen LogP contribution in [0.25, 0.3) is 0 Å². The van der Waals surface area contributed by atoms with Gasteiger partial charge in [0, 0.05) is 25.2 Å². The highest BCUT2D eigenvalue weighted by Crippen LogP contribution is 2.19. The summed E-state index contributed by atoms with van der Waals surface area (Å²) in [5.74, 6) is 2.62. The second kappa shape index (κ2) is 7.37. The van der Waals surface area contributed by atoms with E-state index in [2.05, 4.69) is 32.3 Å². The molecule has 1 saturated heterocycles. The molecule has 0 radical (unpaired) electrons. The van der Waals surface area contributed by atoms with Crippen molar-refractivity contribution in [1.82, 2.24) is 19.9 Å². The topological polar surface area (TPSA) is 87.6 Å². The average molecular weight is 347 g/mol. The van der Waals surface area contributed by atoms with E-state index in [-0.39, 0.29) is 11.9 Å². The minimum atomic E-state index is -0.223. The van der Waals surface area contributed by atoms with Crippen LogP contribution in [0.2, 0.25) is 0 Å². The van der Waals surface area contributed by atoms with Gasteiger partial charge in [-0.15, -0.1) is 0 Å². The first-order valence-corrected chi connectivity index (χ1v) is 8.52. The number of nitrogens with zero attached hydrogens (tertiary/aromatic N) is 4. The van der Waals surface area contributed by atoms with Crippen LogP contribution in [0.1, 0.15) is 30.8 Å². The lowest BCUT2D eigenvalue weighted by atomic mass is 10.2. The van der Waals surface area contributed by atoms with Crippen LogP contribution >= 0.6 is 0 Å². The molecular formula is C17H25N5O3. The molecule has 0 unspecified atom stereocenters. The van der Waals surface area contributed by atoms with Crippen LogP contribution in [0.15, 0.2) is 21.2 Å². The zero-order valence-corrected chi connectivity index (χ0v) is 15.2. The maximum Gasteiger partial charge on any atom is 0.242 e. The SMILES string of the molecule is Cc1cc(NC(=O)[C@H](C)N2CC[C@@H](N(C)Cc3ncc(C)o3)C2)no1. The molecule has 0 spiro atoms. The number of oxazole rings is 1. The van der Waals surface area contributed by atoms with Gasteiger partial charge in [-0.05, 0) is 34.2 Å². The molecule has 2 atom stereocenters. The number of anilines is 1. The summed E-state index contributed by atoms with van der Waals surface area (Å²) < 4.78 is 10.5. The Morgan fingerprint density at radius 2 is 2.28 bits per heavy atom. The zero-order chi connectivity index (χ0) is 18.0. The maximum absolute atomic E-state index is 12.4. The summed E-state index contributed by atoms with van der Waals surface area (Å²) in [5.41, 5.74) is 0. The predicted molar refractivity (Wildman–Crippen MR) is 92.0 cm³/mol. The molecule has 2 aromatic heterocycles. The Morgan fingerprint density at radius 3 is 2.92 bits per heavy atom. The second-order valence-corrected chi connectivity index (χ2v) is 6.71. The number of likely N-dealkylation sites (N-methyl/N-ethyl adjacent to an activating group) is 1. The van der Waals surface area contributed by atoms with Gasteiger partial charge in [0.2, 0.25) is 11.8 Å². The van der Waals surface area contributed by atoms with Gasteiger partial charge in [-0.25, -0.2) is 4.98 Å². The first kappa shape index (κ1) is 17.6. The van der Waals surface area contributed by atoms with Crippen molar-refractivity contribution in [2.45, 2.75) is 45.8 Å². The minimum absolute atomic E-state index is 0.0695. The number of aryl methyl sites for hydroxylation is 2. The van der Waals surface area contributed by atoms with Gasteiger partial charge in [0.25, 0.3) is 0 Å². The molecule has 1 N–H and O–H groups in total. The smallest absolute Gasteiger partial charge is 0.242 e. The number of amides is 1. The fraction of sp³-hybridized carbons (Fsp3) is 0.588. The summed E-state index contributed by atoms with van der Waals surface area (Å²) in [5, 5.41) is 6.61. The van der Waals surface area contributed by atoms with Gasteiger partial charge in [-0.3, -0.25) is 14.6 Å². The third kappa shape index (κ3) is 4.26. The molecule has 8 heteroatoms. The third-order valence-corrected chi connectivity index (χ3v) is 4.68. The van der Waals surface area contributed by atoms with Gasteiger partial charge in [0.1, 0.15) is 11.5 Å². The molecule has 136 valence electrons. The van der Waals surface area contributed by atoms with Crippen LogP contribution in [0.3, 0.4) is 0 Å². The van der Waals surface area contributed by atoms with Crippen molar-refractivity contribution >= 4 is 11.7 Å². The van der Waals surface area contributed by atoms with Crippen LogP contribution in [0.5, 0.6) is 0 Å². The molecule has 1 fully saturated rings. The van der Waals surface area contributed by atoms with Crippen molar-refractivity contribution in [3.05, 3.63) is 29.7 Å². The molecule has 3 rings (SSSR count). The first-order chi connectivity index (χ1) is 11.9. The number of rotatable bonds is 6. The average Bonchev–Trinajstić information content (AvgIpc) is 3.28. The van der Waals surface area contributed by atoms with Gasteiger partial charge < -0.3 is 14.3 Å². The fourth-order valence-corrected chi connectivity index (χ4v) is 3.12. The van der Waals surface area contributed by atoms with E-state index in [1.54, 1.807) is 19.2 Å². The Bertz CT molecular complexity index is 725. The zero-order valence-electron chi connectivity index (χ0n) is 15.2. The van der Waals surface area contributed by atoms with Gasteiger partial charge in [-0.1, -0.05) is 5.16 Å². The maximum atomic E-state index is 12.4. The van der Waals surface area contributed by atoms with Gasteiger partial charge in [-0.2, -0.15) is 0 Å². The Hall–Kier alpha value is -2.19. The number of carbonyl (C=O) groups excluding carboxylic acids is 1. The minimum Gasteiger partial charge on any atom is -0.445 e. The highest BCUT2D eigenvalue weighted by molar-refractivity contribution is 5.93. The molecule has 0 bridgehead atoms. The monoisotopic (exact) mass is 347 g/mol. The predicted octanol–water partition coefficient (Wildman–Crippen LogP) is 1.81. The standard InChI is InChI=1S/C17H25N5O3/c1-11-7-15(20-25-11)19-17(23)13(3)22-6-5-14(9-22)21(4)10-16-18-8-12(2)24-16/h7-8,13-14H,5-6,9-10H2,1-4H3,(H,19,20,23)/t13-,14+/m0/s1. The van der Waals surface area contributed by atoms with E-state index in [1.807, 2.05) is 13.8 Å². The lowest BCUT2D eigenvalue weighted by Gasteiger charge is -2.26. The van der Waals surface area contributed by atoms with Crippen LogP contribution in [-0.4, -0.2) is 58.1 Å². The summed E-state index contributed by atoms with van der Waals surface area (Å²) >= 11 is 0. The van der Waals surface area contributed by atoms with Crippen LogP contribution in [0.4, 0.5) is 5.82 Å². The Kier molecular flexibility index (Phi) is 5.19. The van der Waals surface area contributed by atoms with E-state index in [1.165, 1.54) is 0 Å². The molecule has 25 heavy (non-hydrogen) atoms. The molecule has 3 heterocycles. The lowest BCUT2D eigenvalue weighted by Crippen LogP contribution is -2.42. The summed E-state index contributed by atoms with van der Waals surface area (Å²) in [6.45, 7) is 7.99. The van der Waals surface area contributed by atoms with Crippen molar-refractivity contribution in [2.24, 2.45) is 0 Å². The van der Waals surface area contributed by atoms with E-state index in [0.29, 0.717) is 24.2 Å². The molecule has 0 saturated carbocycles. The van der Waals surface area contributed by atoms with Gasteiger partial charge in [0.05, 0.1) is 18.8 Å². The van der Waals surface area contributed by atoms with Gasteiger partial charge >= 0.3 is 0 Å². The van der Waals surface area contributed by atoms with Crippen molar-refractivity contribution in [3.63, 3.8) is 0 Å². The number of hydrogen-bond acceptors (Lipinski definition) is 7. The van der Waals surface area contributed by atoms with Gasteiger partial charge in [0.15, 0.2) is 5.82 Å². The quantitative estimate of drug-likeness (QED) is 0.852. The number of likely N-dealkylation sites (tertiary alicyclic amines) is 1. The summed E-state index contributed by atoms with van der Waals surface area (Å²) in [7, 11) is 2.07. The van der Waals surface area contributed by atoms with E-state index < -0.39 is 0 Å². The highest BCUT2D eigenvalue weighted by Gasteiger charge is 2.32. The largest absolute Gasteiger partial charge is 0.445 e. The Morgan fingerprint density at radius 1 is 1.48 bits per heavy atom. The molecule has 1 amide bonds. The van der Waals surface area contributed by atoms with Crippen molar-refractivity contribution in [3.8, 4) is 0 Å². The number of hydrogen-bond donors (Lipinski definition) is 1. The third-order valence-electron chi connectivity index (χ3n) is 4.68. The highest BCUT2D eigenvalue weighted by atomic mass is 16.5. The fourth-order valence-electron chi connectivity index (χ4n) is 3.12. The summed E-state index contributed by atoms with van der Waals surface area (Å²) in [4.78, 5) is 21.1. The van der Waals surface area contributed by atoms with Crippen molar-refractivity contribution in [2.75, 3.05) is 25.5 Å². The molecule has 2 aromatic rings. The summed E-state index contributed by atoms with van der Waals surface area (Å²) in [6, 6.07) is 1.86. The second-order valence-electron chi connectivity index (χ2n) is 6.71. The molecule has 8 nitrogen and oxygen atoms in total. The van der Waals surface area contributed by atoms with Crippen LogP contribution < -0.4 is 5.32 Å². The van der Waals surface area contributed by atoms with Crippen LogP contribution in [-0.2, 0) is 11.3 Å². The normalized spacial score (nSPS) is 19.5. The Balaban J connectivity index is 1.51. The Labute approximate surface area is 147 Å². The molecule has 1 aliphatic heterocycles. The molecule has 0 aromatic carbocycles. The summed E-state index contributed by atoms with van der Waals surface area (Å²) in [6.07, 6.45) is 2.75. The van der Waals surface area contributed by atoms with E-state index in [9.17, 15) is 4.79 Å². The number of nitrogens with one attached hydrogen (secondary N) is 1. The van der Waals surface area contributed by atoms with E-state index >= 15 is 0 Å². The molecular weight excluding hydrogens is 322 g/mol. The molecule has 0 aliphatic carbocycles. The van der Waals surface area contributed by atoms with Crippen molar-refractivity contribution in [1.29, 1.82) is 0 Å². The molecule has 1 aliphatic rings. The number of carbonyl (C=O) groups is 1. The lowest BCUT2D eigenvalue weighted by molar-refractivity contribution is -0.120. The van der Waals surface area contributed by atoms with Crippen LogP contribution in [0, 0.1) is 13.8 Å². The first-order valence-electron chi connectivity index (χ1n) is 8.52. The number of aromatic nitrogens is 2. The van der Waals surface area contributed by atoms with E-state index in [4.69, 9.17) is 8.94 Å². The van der Waals surface area contributed by atoms with Crippen molar-refractivity contribution < 1.29 is 13.7 Å². The van der Waals surface area contributed by atoms with E-state index in [0.717, 1.165) is 31.2 Å².